The summed E-state index contributed by atoms with van der Waals surface area (Å²) >= 11 is 5.81. The highest BCUT2D eigenvalue weighted by Gasteiger charge is 2.20. The molecular weight excluding hydrogens is 328 g/mol. The third-order valence-corrected chi connectivity index (χ3v) is 4.59. The quantitative estimate of drug-likeness (QED) is 0.872. The molecule has 0 saturated carbocycles. The average molecular weight is 343 g/mol. The number of hydrogen-bond donors (Lipinski definition) is 2. The standard InChI is InChI=1S/C14H15ClN2O4S/c1-9(10-3-5-11(15)6-4-10)17-14(18)12-7-8-13(21-12)22(19,20)16-2/h3-9,16H,1-2H3,(H,17,18). The van der Waals surface area contributed by atoms with Crippen molar-refractivity contribution in [3.8, 4) is 0 Å². The molecule has 0 aliphatic carbocycles. The molecule has 0 saturated heterocycles. The number of amides is 1. The van der Waals surface area contributed by atoms with E-state index in [1.807, 2.05) is 0 Å². The number of sulfonamides is 1. The van der Waals surface area contributed by atoms with Gasteiger partial charge in [0.25, 0.3) is 15.9 Å². The molecular formula is C14H15ClN2O4S. The Bertz CT molecular complexity index is 768. The third kappa shape index (κ3) is 3.68. The summed E-state index contributed by atoms with van der Waals surface area (Å²) in [5, 5.41) is 3.02. The first kappa shape index (κ1) is 16.5. The summed E-state index contributed by atoms with van der Waals surface area (Å²) in [6, 6.07) is 9.31. The highest BCUT2D eigenvalue weighted by Crippen LogP contribution is 2.18. The third-order valence-electron chi connectivity index (χ3n) is 3.06. The van der Waals surface area contributed by atoms with Crippen LogP contribution in [0.3, 0.4) is 0 Å². The predicted molar refractivity (Wildman–Crippen MR) is 82.3 cm³/mol. The zero-order valence-electron chi connectivity index (χ0n) is 12.0. The normalized spacial score (nSPS) is 12.9. The van der Waals surface area contributed by atoms with Crippen LogP contribution in [0, 0.1) is 0 Å². The van der Waals surface area contributed by atoms with E-state index in [2.05, 4.69) is 10.0 Å². The van der Waals surface area contributed by atoms with Crippen LogP contribution in [0.15, 0.2) is 45.9 Å². The van der Waals surface area contributed by atoms with E-state index in [0.717, 1.165) is 5.56 Å². The van der Waals surface area contributed by atoms with Gasteiger partial charge in [0.2, 0.25) is 5.09 Å². The van der Waals surface area contributed by atoms with Crippen molar-refractivity contribution in [3.05, 3.63) is 52.7 Å². The number of furan rings is 1. The van der Waals surface area contributed by atoms with E-state index >= 15 is 0 Å². The van der Waals surface area contributed by atoms with Gasteiger partial charge in [0, 0.05) is 5.02 Å². The largest absolute Gasteiger partial charge is 0.438 e. The molecule has 0 radical (unpaired) electrons. The average Bonchev–Trinajstić information content (AvgIpc) is 2.98. The number of nitrogens with one attached hydrogen (secondary N) is 2. The lowest BCUT2D eigenvalue weighted by molar-refractivity contribution is 0.0906. The van der Waals surface area contributed by atoms with Gasteiger partial charge in [-0.2, -0.15) is 0 Å². The summed E-state index contributed by atoms with van der Waals surface area (Å²) in [6.45, 7) is 1.80. The van der Waals surface area contributed by atoms with Crippen molar-refractivity contribution in [2.45, 2.75) is 18.1 Å². The Kier molecular flexibility index (Phi) is 4.90. The van der Waals surface area contributed by atoms with E-state index in [9.17, 15) is 13.2 Å². The first-order valence-electron chi connectivity index (χ1n) is 6.43. The monoisotopic (exact) mass is 342 g/mol. The van der Waals surface area contributed by atoms with Gasteiger partial charge >= 0.3 is 0 Å². The minimum Gasteiger partial charge on any atom is -0.438 e. The predicted octanol–water partition coefficient (Wildman–Crippen LogP) is 2.33. The van der Waals surface area contributed by atoms with Crippen LogP contribution in [0.5, 0.6) is 0 Å². The van der Waals surface area contributed by atoms with Crippen LogP contribution in [-0.2, 0) is 10.0 Å². The lowest BCUT2D eigenvalue weighted by Gasteiger charge is -2.13. The maximum atomic E-state index is 12.1. The zero-order valence-corrected chi connectivity index (χ0v) is 13.5. The summed E-state index contributed by atoms with van der Waals surface area (Å²) in [7, 11) is -2.44. The van der Waals surface area contributed by atoms with Gasteiger partial charge in [0.1, 0.15) is 0 Å². The number of halogens is 1. The molecule has 0 fully saturated rings. The van der Waals surface area contributed by atoms with E-state index in [1.54, 1.807) is 31.2 Å². The molecule has 6 nitrogen and oxygen atoms in total. The highest BCUT2D eigenvalue weighted by molar-refractivity contribution is 7.89. The molecule has 8 heteroatoms. The minimum atomic E-state index is -3.71. The minimum absolute atomic E-state index is 0.0744. The molecule has 0 spiro atoms. The number of carbonyl (C=O) groups is 1. The smallest absolute Gasteiger partial charge is 0.287 e. The molecule has 1 heterocycles. The second kappa shape index (κ2) is 6.51. The van der Waals surface area contributed by atoms with Crippen LogP contribution in [0.2, 0.25) is 5.02 Å². The summed E-state index contributed by atoms with van der Waals surface area (Å²) in [6.07, 6.45) is 0. The lowest BCUT2D eigenvalue weighted by Crippen LogP contribution is -2.26. The molecule has 0 bridgehead atoms. The van der Waals surface area contributed by atoms with E-state index < -0.39 is 15.9 Å². The Morgan fingerprint density at radius 2 is 1.82 bits per heavy atom. The summed E-state index contributed by atoms with van der Waals surface area (Å²) in [5.41, 5.74) is 0.868. The van der Waals surface area contributed by atoms with E-state index in [0.29, 0.717) is 5.02 Å². The van der Waals surface area contributed by atoms with Crippen LogP contribution in [0.1, 0.15) is 29.1 Å². The van der Waals surface area contributed by atoms with Crippen LogP contribution in [0.4, 0.5) is 0 Å². The molecule has 2 rings (SSSR count). The fourth-order valence-corrected chi connectivity index (χ4v) is 2.56. The highest BCUT2D eigenvalue weighted by atomic mass is 35.5. The Hall–Kier alpha value is -1.83. The van der Waals surface area contributed by atoms with E-state index in [-0.39, 0.29) is 16.9 Å². The fourth-order valence-electron chi connectivity index (χ4n) is 1.79. The zero-order chi connectivity index (χ0) is 16.3. The van der Waals surface area contributed by atoms with Crippen LogP contribution in [0.25, 0.3) is 0 Å². The van der Waals surface area contributed by atoms with Crippen molar-refractivity contribution in [3.63, 3.8) is 0 Å². The van der Waals surface area contributed by atoms with Gasteiger partial charge in [0.05, 0.1) is 6.04 Å². The molecule has 1 aromatic heterocycles. The van der Waals surface area contributed by atoms with Crippen LogP contribution < -0.4 is 10.0 Å². The summed E-state index contributed by atoms with van der Waals surface area (Å²) in [5.74, 6) is -0.574. The van der Waals surface area contributed by atoms with Crippen molar-refractivity contribution in [2.75, 3.05) is 7.05 Å². The van der Waals surface area contributed by atoms with Crippen LogP contribution in [-0.4, -0.2) is 21.4 Å². The van der Waals surface area contributed by atoms with Gasteiger partial charge in [-0.1, -0.05) is 23.7 Å². The molecule has 118 valence electrons. The Balaban J connectivity index is 2.11. The molecule has 0 aliphatic heterocycles. The maximum Gasteiger partial charge on any atom is 0.287 e. The lowest BCUT2D eigenvalue weighted by atomic mass is 10.1. The van der Waals surface area contributed by atoms with E-state index in [4.69, 9.17) is 16.0 Å². The maximum absolute atomic E-state index is 12.1. The Labute approximate surface area is 133 Å². The molecule has 2 N–H and O–H groups in total. The first-order valence-corrected chi connectivity index (χ1v) is 8.29. The molecule has 1 aromatic carbocycles. The number of rotatable bonds is 5. The van der Waals surface area contributed by atoms with Gasteiger partial charge in [-0.3, -0.25) is 4.79 Å². The second-order valence-electron chi connectivity index (χ2n) is 4.57. The SMILES string of the molecule is CNS(=O)(=O)c1ccc(C(=O)NC(C)c2ccc(Cl)cc2)o1. The molecule has 1 atom stereocenters. The van der Waals surface area contributed by atoms with Gasteiger partial charge in [0.15, 0.2) is 5.76 Å². The van der Waals surface area contributed by atoms with Crippen molar-refractivity contribution < 1.29 is 17.6 Å². The van der Waals surface area contributed by atoms with Gasteiger partial charge < -0.3 is 9.73 Å². The Morgan fingerprint density at radius 3 is 2.41 bits per heavy atom. The summed E-state index contributed by atoms with van der Waals surface area (Å²) in [4.78, 5) is 12.1. The van der Waals surface area contributed by atoms with Gasteiger partial charge in [-0.25, -0.2) is 13.1 Å². The van der Waals surface area contributed by atoms with Crippen molar-refractivity contribution in [2.24, 2.45) is 0 Å². The first-order chi connectivity index (χ1) is 10.3. The molecule has 0 aliphatic rings. The molecule has 22 heavy (non-hydrogen) atoms. The van der Waals surface area contributed by atoms with Crippen LogP contribution >= 0.6 is 11.6 Å². The Morgan fingerprint density at radius 1 is 1.18 bits per heavy atom. The second-order valence-corrected chi connectivity index (χ2v) is 6.83. The topological polar surface area (TPSA) is 88.4 Å². The summed E-state index contributed by atoms with van der Waals surface area (Å²) < 4.78 is 30.3. The molecule has 1 unspecified atom stereocenters. The molecule has 1 amide bonds. The fraction of sp³-hybridized carbons (Fsp3) is 0.214. The molecule has 2 aromatic rings. The van der Waals surface area contributed by atoms with E-state index in [1.165, 1.54) is 19.2 Å². The number of carbonyl (C=O) groups excluding carboxylic acids is 1. The van der Waals surface area contributed by atoms with Gasteiger partial charge in [-0.15, -0.1) is 0 Å². The van der Waals surface area contributed by atoms with Crippen molar-refractivity contribution in [1.29, 1.82) is 0 Å². The van der Waals surface area contributed by atoms with Gasteiger partial charge in [-0.05, 0) is 43.8 Å². The van der Waals surface area contributed by atoms with Crippen molar-refractivity contribution >= 4 is 27.5 Å². The number of benzene rings is 1. The number of hydrogen-bond acceptors (Lipinski definition) is 4. The van der Waals surface area contributed by atoms with Crippen molar-refractivity contribution in [1.82, 2.24) is 10.0 Å².